The van der Waals surface area contributed by atoms with Gasteiger partial charge in [0.2, 0.25) is 5.91 Å². The normalized spacial score (nSPS) is 20.1. The van der Waals surface area contributed by atoms with E-state index in [1.807, 2.05) is 11.9 Å². The molecule has 1 amide bonds. The molecule has 0 spiro atoms. The summed E-state index contributed by atoms with van der Waals surface area (Å²) < 4.78 is 0. The molecule has 0 radical (unpaired) electrons. The molecule has 1 N–H and O–H groups in total. The van der Waals surface area contributed by atoms with Crippen LogP contribution >= 0.6 is 0 Å². The summed E-state index contributed by atoms with van der Waals surface area (Å²) in [6.07, 6.45) is 2.63. The third kappa shape index (κ3) is 2.72. The molecule has 1 aromatic carbocycles. The highest BCUT2D eigenvalue weighted by molar-refractivity contribution is 5.96. The minimum atomic E-state index is 0.233. The van der Waals surface area contributed by atoms with Crippen molar-refractivity contribution in [1.29, 1.82) is 0 Å². The summed E-state index contributed by atoms with van der Waals surface area (Å²) in [5.41, 5.74) is 3.91. The molecule has 20 heavy (non-hydrogen) atoms. The van der Waals surface area contributed by atoms with Crippen LogP contribution in [0.15, 0.2) is 18.2 Å². The Morgan fingerprint density at radius 1 is 1.20 bits per heavy atom. The van der Waals surface area contributed by atoms with Crippen LogP contribution in [0, 0.1) is 0 Å². The summed E-state index contributed by atoms with van der Waals surface area (Å²) >= 11 is 0. The lowest BCUT2D eigenvalue weighted by Crippen LogP contribution is -2.44. The van der Waals surface area contributed by atoms with Gasteiger partial charge in [0.25, 0.3) is 0 Å². The second kappa shape index (κ2) is 5.94. The zero-order valence-corrected chi connectivity index (χ0v) is 12.2. The fraction of sp³-hybridized carbons (Fsp3) is 0.562. The van der Waals surface area contributed by atoms with Crippen molar-refractivity contribution in [2.75, 3.05) is 44.7 Å². The van der Waals surface area contributed by atoms with Gasteiger partial charge in [-0.2, -0.15) is 0 Å². The molecule has 0 atom stereocenters. The molecule has 4 nitrogen and oxygen atoms in total. The second-order valence-corrected chi connectivity index (χ2v) is 5.71. The molecular weight excluding hydrogens is 250 g/mol. The number of hydrogen-bond acceptors (Lipinski definition) is 3. The molecule has 2 aliphatic rings. The molecule has 2 heterocycles. The number of carbonyl (C=O) groups is 1. The zero-order valence-electron chi connectivity index (χ0n) is 12.2. The number of piperazine rings is 1. The van der Waals surface area contributed by atoms with Crippen LogP contribution in [0.5, 0.6) is 0 Å². The monoisotopic (exact) mass is 273 g/mol. The number of nitrogens with one attached hydrogen (secondary N) is 1. The number of carbonyl (C=O) groups excluding carboxylic acids is 1. The third-order valence-corrected chi connectivity index (χ3v) is 4.48. The Kier molecular flexibility index (Phi) is 4.03. The highest BCUT2D eigenvalue weighted by Gasteiger charge is 2.22. The lowest BCUT2D eigenvalue weighted by molar-refractivity contribution is -0.118. The van der Waals surface area contributed by atoms with Gasteiger partial charge in [-0.25, -0.2) is 0 Å². The van der Waals surface area contributed by atoms with Crippen LogP contribution in [0.2, 0.25) is 0 Å². The summed E-state index contributed by atoms with van der Waals surface area (Å²) in [5.74, 6) is 0.233. The van der Waals surface area contributed by atoms with E-state index in [1.54, 1.807) is 0 Å². The van der Waals surface area contributed by atoms with Gasteiger partial charge in [-0.15, -0.1) is 0 Å². The zero-order chi connectivity index (χ0) is 13.9. The average molecular weight is 273 g/mol. The Labute approximate surface area is 120 Å². The van der Waals surface area contributed by atoms with Crippen LogP contribution in [0.4, 0.5) is 5.69 Å². The highest BCUT2D eigenvalue weighted by atomic mass is 16.2. The molecule has 4 heteroatoms. The lowest BCUT2D eigenvalue weighted by atomic mass is 9.94. The number of fused-ring (bicyclic) bond motifs is 1. The molecule has 3 rings (SSSR count). The predicted octanol–water partition coefficient (Wildman–Crippen LogP) is 1.04. The standard InChI is InChI=1S/C16H23N3O/c1-18-15-4-2-3-13(14(15)5-6-16(18)20)7-10-19-11-8-17-9-12-19/h2-4,17H,5-12H2,1H3. The molecule has 1 aromatic rings. The van der Waals surface area contributed by atoms with Gasteiger partial charge in [0.1, 0.15) is 0 Å². The Morgan fingerprint density at radius 3 is 2.80 bits per heavy atom. The summed E-state index contributed by atoms with van der Waals surface area (Å²) in [4.78, 5) is 16.1. The number of nitrogens with zero attached hydrogens (tertiary/aromatic N) is 2. The van der Waals surface area contributed by atoms with Gasteiger partial charge in [0.05, 0.1) is 0 Å². The fourth-order valence-electron chi connectivity index (χ4n) is 3.21. The average Bonchev–Trinajstić information content (AvgIpc) is 2.50. The minimum absolute atomic E-state index is 0.233. The van der Waals surface area contributed by atoms with E-state index in [-0.39, 0.29) is 5.91 Å². The van der Waals surface area contributed by atoms with Gasteiger partial charge in [-0.1, -0.05) is 12.1 Å². The topological polar surface area (TPSA) is 35.6 Å². The van der Waals surface area contributed by atoms with Crippen LogP contribution in [0.25, 0.3) is 0 Å². The van der Waals surface area contributed by atoms with Crippen molar-refractivity contribution in [3.05, 3.63) is 29.3 Å². The van der Waals surface area contributed by atoms with Crippen molar-refractivity contribution < 1.29 is 4.79 Å². The van der Waals surface area contributed by atoms with Crippen LogP contribution in [0.3, 0.4) is 0 Å². The van der Waals surface area contributed by atoms with Crippen LogP contribution in [0.1, 0.15) is 17.5 Å². The van der Waals surface area contributed by atoms with E-state index in [0.717, 1.165) is 51.3 Å². The van der Waals surface area contributed by atoms with Gasteiger partial charge in [0, 0.05) is 51.9 Å². The van der Waals surface area contributed by atoms with Crippen LogP contribution in [-0.4, -0.2) is 50.6 Å². The number of rotatable bonds is 3. The Hall–Kier alpha value is -1.39. The second-order valence-electron chi connectivity index (χ2n) is 5.71. The molecule has 0 saturated carbocycles. The lowest BCUT2D eigenvalue weighted by Gasteiger charge is -2.30. The number of hydrogen-bond donors (Lipinski definition) is 1. The first-order valence-corrected chi connectivity index (χ1v) is 7.56. The first kappa shape index (κ1) is 13.6. The predicted molar refractivity (Wildman–Crippen MR) is 81.2 cm³/mol. The fourth-order valence-corrected chi connectivity index (χ4v) is 3.21. The minimum Gasteiger partial charge on any atom is -0.315 e. The van der Waals surface area contributed by atoms with Crippen molar-refractivity contribution in [1.82, 2.24) is 10.2 Å². The molecule has 0 aliphatic carbocycles. The van der Waals surface area contributed by atoms with E-state index < -0.39 is 0 Å². The van der Waals surface area contributed by atoms with E-state index in [9.17, 15) is 4.79 Å². The summed E-state index contributed by atoms with van der Waals surface area (Å²) in [6, 6.07) is 6.38. The van der Waals surface area contributed by atoms with Gasteiger partial charge in [-0.3, -0.25) is 4.79 Å². The SMILES string of the molecule is CN1C(=O)CCc2c(CCN3CCNCC3)cccc21. The van der Waals surface area contributed by atoms with Crippen LogP contribution < -0.4 is 10.2 Å². The van der Waals surface area contributed by atoms with Crippen molar-refractivity contribution in [2.45, 2.75) is 19.3 Å². The van der Waals surface area contributed by atoms with Gasteiger partial charge in [-0.05, 0) is 30.0 Å². The highest BCUT2D eigenvalue weighted by Crippen LogP contribution is 2.29. The molecular formula is C16H23N3O. The molecule has 1 saturated heterocycles. The summed E-state index contributed by atoms with van der Waals surface area (Å²) in [6.45, 7) is 5.62. The molecule has 108 valence electrons. The maximum atomic E-state index is 11.8. The molecule has 0 bridgehead atoms. The van der Waals surface area contributed by atoms with Crippen molar-refractivity contribution in [3.8, 4) is 0 Å². The summed E-state index contributed by atoms with van der Waals surface area (Å²) in [7, 11) is 1.89. The Morgan fingerprint density at radius 2 is 2.00 bits per heavy atom. The van der Waals surface area contributed by atoms with E-state index >= 15 is 0 Å². The Bertz CT molecular complexity index is 494. The number of amides is 1. The van der Waals surface area contributed by atoms with Crippen molar-refractivity contribution in [3.63, 3.8) is 0 Å². The van der Waals surface area contributed by atoms with Gasteiger partial charge < -0.3 is 15.1 Å². The van der Waals surface area contributed by atoms with E-state index in [0.29, 0.717) is 6.42 Å². The summed E-state index contributed by atoms with van der Waals surface area (Å²) in [5, 5.41) is 3.39. The van der Waals surface area contributed by atoms with Crippen molar-refractivity contribution >= 4 is 11.6 Å². The number of benzene rings is 1. The largest absolute Gasteiger partial charge is 0.315 e. The molecule has 0 aromatic heterocycles. The third-order valence-electron chi connectivity index (χ3n) is 4.48. The van der Waals surface area contributed by atoms with E-state index in [2.05, 4.69) is 28.4 Å². The maximum absolute atomic E-state index is 11.8. The van der Waals surface area contributed by atoms with E-state index in [1.165, 1.54) is 11.1 Å². The first-order chi connectivity index (χ1) is 9.75. The van der Waals surface area contributed by atoms with Crippen LogP contribution in [-0.2, 0) is 17.6 Å². The maximum Gasteiger partial charge on any atom is 0.227 e. The number of anilines is 1. The first-order valence-electron chi connectivity index (χ1n) is 7.56. The smallest absolute Gasteiger partial charge is 0.227 e. The quantitative estimate of drug-likeness (QED) is 0.894. The van der Waals surface area contributed by atoms with Gasteiger partial charge in [0.15, 0.2) is 0 Å². The Balaban J connectivity index is 1.72. The van der Waals surface area contributed by atoms with Gasteiger partial charge >= 0.3 is 0 Å². The molecule has 0 unspecified atom stereocenters. The molecule has 1 fully saturated rings. The van der Waals surface area contributed by atoms with E-state index in [4.69, 9.17) is 0 Å². The van der Waals surface area contributed by atoms with Crippen molar-refractivity contribution in [2.24, 2.45) is 0 Å². The molecule has 2 aliphatic heterocycles.